The first-order valence-electron chi connectivity index (χ1n) is 11.6. The van der Waals surface area contributed by atoms with Crippen LogP contribution in [0.2, 0.25) is 0 Å². The molecule has 1 N–H and O–H groups in total. The smallest absolute Gasteiger partial charge is 0.160 e. The maximum Gasteiger partial charge on any atom is 0.160 e. The van der Waals surface area contributed by atoms with Gasteiger partial charge in [0.2, 0.25) is 0 Å². The number of anilines is 2. The first-order chi connectivity index (χ1) is 14.4. The molecule has 1 atom stereocenters. The molecule has 3 aliphatic heterocycles. The molecule has 7 nitrogen and oxygen atoms in total. The number of morpholine rings is 1. The summed E-state index contributed by atoms with van der Waals surface area (Å²) in [4.78, 5) is 9.65. The van der Waals surface area contributed by atoms with Gasteiger partial charge in [-0.15, -0.1) is 0 Å². The predicted molar refractivity (Wildman–Crippen MR) is 120 cm³/mol. The van der Waals surface area contributed by atoms with E-state index in [0.717, 1.165) is 75.3 Å². The van der Waals surface area contributed by atoms with E-state index in [1.54, 1.807) is 0 Å². The monoisotopic (exact) mass is 402 g/mol. The highest BCUT2D eigenvalue weighted by Crippen LogP contribution is 2.29. The molecule has 2 aromatic heterocycles. The Morgan fingerprint density at radius 3 is 2.31 bits per heavy atom. The highest BCUT2D eigenvalue weighted by molar-refractivity contribution is 5.60. The maximum absolute atomic E-state index is 5.54. The summed E-state index contributed by atoms with van der Waals surface area (Å²) in [6, 6.07) is 4.75. The molecular formula is C22H38N6O. The Bertz CT molecular complexity index is 745. The van der Waals surface area contributed by atoms with Crippen LogP contribution < -0.4 is 15.1 Å². The third kappa shape index (κ3) is 4.83. The third-order valence-corrected chi connectivity index (χ3v) is 5.60. The minimum Gasteiger partial charge on any atom is -0.378 e. The number of ether oxygens (including phenoxy) is 1. The zero-order valence-corrected chi connectivity index (χ0v) is 18.7. The predicted octanol–water partition coefficient (Wildman–Crippen LogP) is 3.64. The summed E-state index contributed by atoms with van der Waals surface area (Å²) < 4.78 is 7.58. The summed E-state index contributed by atoms with van der Waals surface area (Å²) in [7, 11) is 0. The SMILES string of the molecule is CC.CC.c1c(N2CCC2)nc2cc(C3CCCCN3)nn2c1N1CCOCC1. The normalized spacial score (nSPS) is 21.6. The summed E-state index contributed by atoms with van der Waals surface area (Å²) in [5, 5.41) is 8.55. The fourth-order valence-corrected chi connectivity index (χ4v) is 3.96. The number of nitrogens with zero attached hydrogens (tertiary/aromatic N) is 5. The summed E-state index contributed by atoms with van der Waals surface area (Å²) in [5.41, 5.74) is 2.09. The van der Waals surface area contributed by atoms with E-state index in [9.17, 15) is 0 Å². The first-order valence-corrected chi connectivity index (χ1v) is 11.6. The molecule has 0 bridgehead atoms. The molecule has 29 heavy (non-hydrogen) atoms. The van der Waals surface area contributed by atoms with Crippen LogP contribution in [0.4, 0.5) is 11.6 Å². The number of aromatic nitrogens is 3. The van der Waals surface area contributed by atoms with Gasteiger partial charge >= 0.3 is 0 Å². The minimum atomic E-state index is 0.362. The average Bonchev–Trinajstić information content (AvgIpc) is 3.20. The molecule has 0 aliphatic carbocycles. The molecule has 5 rings (SSSR count). The number of nitrogens with one attached hydrogen (secondary N) is 1. The van der Waals surface area contributed by atoms with Gasteiger partial charge in [0.15, 0.2) is 5.65 Å². The minimum absolute atomic E-state index is 0.362. The Morgan fingerprint density at radius 1 is 0.931 bits per heavy atom. The average molecular weight is 403 g/mol. The molecule has 0 saturated carbocycles. The van der Waals surface area contributed by atoms with Crippen LogP contribution in [0.1, 0.15) is 65.1 Å². The number of hydrogen-bond acceptors (Lipinski definition) is 6. The lowest BCUT2D eigenvalue weighted by molar-refractivity contribution is 0.122. The van der Waals surface area contributed by atoms with E-state index < -0.39 is 0 Å². The number of fused-ring (bicyclic) bond motifs is 1. The lowest BCUT2D eigenvalue weighted by Gasteiger charge is -2.34. The third-order valence-electron chi connectivity index (χ3n) is 5.60. The number of rotatable bonds is 3. The van der Waals surface area contributed by atoms with E-state index >= 15 is 0 Å². The van der Waals surface area contributed by atoms with Gasteiger partial charge in [0.1, 0.15) is 11.6 Å². The molecule has 3 aliphatic rings. The molecule has 0 spiro atoms. The van der Waals surface area contributed by atoms with Gasteiger partial charge in [0.25, 0.3) is 0 Å². The van der Waals surface area contributed by atoms with E-state index in [2.05, 4.69) is 27.2 Å². The van der Waals surface area contributed by atoms with Crippen molar-refractivity contribution in [2.45, 2.75) is 59.4 Å². The molecule has 0 amide bonds. The van der Waals surface area contributed by atoms with E-state index in [1.165, 1.54) is 19.3 Å². The van der Waals surface area contributed by atoms with Gasteiger partial charge in [-0.2, -0.15) is 9.61 Å². The molecule has 3 fully saturated rings. The first kappa shape index (κ1) is 21.8. The van der Waals surface area contributed by atoms with Gasteiger partial charge in [0.05, 0.1) is 24.9 Å². The zero-order chi connectivity index (χ0) is 20.6. The molecule has 162 valence electrons. The van der Waals surface area contributed by atoms with Gasteiger partial charge < -0.3 is 19.9 Å². The summed E-state index contributed by atoms with van der Waals surface area (Å²) in [5.74, 6) is 2.24. The molecular weight excluding hydrogens is 364 g/mol. The second-order valence-electron chi connectivity index (χ2n) is 7.25. The molecule has 0 radical (unpaired) electrons. The second kappa shape index (κ2) is 10.8. The van der Waals surface area contributed by atoms with Crippen molar-refractivity contribution in [3.8, 4) is 0 Å². The fraction of sp³-hybridized carbons (Fsp3) is 0.727. The Kier molecular flexibility index (Phi) is 8.12. The van der Waals surface area contributed by atoms with Crippen LogP contribution in [0.25, 0.3) is 5.65 Å². The van der Waals surface area contributed by atoms with Crippen molar-refractivity contribution < 1.29 is 4.74 Å². The quantitative estimate of drug-likeness (QED) is 0.846. The fourth-order valence-electron chi connectivity index (χ4n) is 3.96. The Balaban J connectivity index is 0.000000568. The zero-order valence-electron chi connectivity index (χ0n) is 18.7. The van der Waals surface area contributed by atoms with Gasteiger partial charge in [-0.05, 0) is 25.8 Å². The number of hydrogen-bond donors (Lipinski definition) is 1. The largest absolute Gasteiger partial charge is 0.378 e. The van der Waals surface area contributed by atoms with Crippen molar-refractivity contribution in [1.82, 2.24) is 19.9 Å². The standard InChI is InChI=1S/C18H26N6O.2C2H6/c1-2-5-19-14(4-1)15-12-17-20-16(22-6-3-7-22)13-18(24(17)21-15)23-8-10-25-11-9-23;2*1-2/h12-14,19H,1-11H2;2*1-2H3. The van der Waals surface area contributed by atoms with Crippen LogP contribution in [0, 0.1) is 0 Å². The van der Waals surface area contributed by atoms with E-state index in [0.29, 0.717) is 6.04 Å². The van der Waals surface area contributed by atoms with Crippen molar-refractivity contribution in [2.75, 3.05) is 55.7 Å². The molecule has 1 unspecified atom stereocenters. The van der Waals surface area contributed by atoms with Crippen LogP contribution in [0.15, 0.2) is 12.1 Å². The van der Waals surface area contributed by atoms with Gasteiger partial charge in [-0.1, -0.05) is 34.1 Å². The summed E-state index contributed by atoms with van der Waals surface area (Å²) in [6.07, 6.45) is 4.96. The molecule has 3 saturated heterocycles. The van der Waals surface area contributed by atoms with Gasteiger partial charge in [-0.25, -0.2) is 4.98 Å². The highest BCUT2D eigenvalue weighted by atomic mass is 16.5. The van der Waals surface area contributed by atoms with Crippen LogP contribution in [-0.2, 0) is 4.74 Å². The topological polar surface area (TPSA) is 57.9 Å². The Labute approximate surface area is 175 Å². The Hall–Kier alpha value is -1.86. The Morgan fingerprint density at radius 2 is 1.69 bits per heavy atom. The van der Waals surface area contributed by atoms with Crippen molar-refractivity contribution in [3.05, 3.63) is 17.8 Å². The molecule has 2 aromatic rings. The summed E-state index contributed by atoms with van der Waals surface area (Å²) >= 11 is 0. The van der Waals surface area contributed by atoms with Crippen LogP contribution in [0.3, 0.4) is 0 Å². The van der Waals surface area contributed by atoms with E-state index in [4.69, 9.17) is 14.8 Å². The second-order valence-corrected chi connectivity index (χ2v) is 7.25. The highest BCUT2D eigenvalue weighted by Gasteiger charge is 2.24. The van der Waals surface area contributed by atoms with Crippen LogP contribution in [0.5, 0.6) is 0 Å². The molecule has 0 aromatic carbocycles. The van der Waals surface area contributed by atoms with E-state index in [-0.39, 0.29) is 0 Å². The van der Waals surface area contributed by atoms with Crippen molar-refractivity contribution >= 4 is 17.3 Å². The van der Waals surface area contributed by atoms with E-state index in [1.807, 2.05) is 32.2 Å². The number of piperidine rings is 1. The van der Waals surface area contributed by atoms with Crippen LogP contribution in [-0.4, -0.2) is 60.5 Å². The molecule has 7 heteroatoms. The lowest BCUT2D eigenvalue weighted by atomic mass is 10.0. The maximum atomic E-state index is 5.54. The van der Waals surface area contributed by atoms with Gasteiger partial charge in [0, 0.05) is 38.3 Å². The molecule has 5 heterocycles. The van der Waals surface area contributed by atoms with Gasteiger partial charge in [-0.3, -0.25) is 0 Å². The summed E-state index contributed by atoms with van der Waals surface area (Å²) in [6.45, 7) is 14.7. The van der Waals surface area contributed by atoms with Crippen molar-refractivity contribution in [2.24, 2.45) is 0 Å². The van der Waals surface area contributed by atoms with Crippen LogP contribution >= 0.6 is 0 Å². The van der Waals surface area contributed by atoms with Crippen molar-refractivity contribution in [3.63, 3.8) is 0 Å². The van der Waals surface area contributed by atoms with Crippen molar-refractivity contribution in [1.29, 1.82) is 0 Å². The lowest BCUT2D eigenvalue weighted by Crippen LogP contribution is -2.39.